The summed E-state index contributed by atoms with van der Waals surface area (Å²) >= 11 is 0. The minimum absolute atomic E-state index is 0.199. The lowest BCUT2D eigenvalue weighted by atomic mass is 10.1. The van der Waals surface area contributed by atoms with E-state index in [1.165, 1.54) is 5.56 Å². The second kappa shape index (κ2) is 6.55. The van der Waals surface area contributed by atoms with Crippen molar-refractivity contribution < 1.29 is 9.53 Å². The quantitative estimate of drug-likeness (QED) is 0.815. The van der Waals surface area contributed by atoms with Crippen LogP contribution in [0.3, 0.4) is 0 Å². The third kappa shape index (κ3) is 5.82. The Morgan fingerprint density at radius 1 is 1.28 bits per heavy atom. The summed E-state index contributed by atoms with van der Waals surface area (Å²) in [5, 5.41) is 3.18. The Labute approximate surface area is 110 Å². The third-order valence-electron chi connectivity index (χ3n) is 2.47. The van der Waals surface area contributed by atoms with Crippen LogP contribution >= 0.6 is 0 Å². The predicted octanol–water partition coefficient (Wildman–Crippen LogP) is 2.55. The van der Waals surface area contributed by atoms with E-state index >= 15 is 0 Å². The number of rotatable bonds is 5. The van der Waals surface area contributed by atoms with Crippen LogP contribution in [0, 0.1) is 0 Å². The molecule has 0 spiro atoms. The van der Waals surface area contributed by atoms with Crippen molar-refractivity contribution in [1.82, 2.24) is 5.32 Å². The summed E-state index contributed by atoms with van der Waals surface area (Å²) in [6.07, 6.45) is 0.911. The maximum Gasteiger partial charge on any atom is 0.323 e. The first-order valence-electron chi connectivity index (χ1n) is 6.38. The van der Waals surface area contributed by atoms with Crippen molar-refractivity contribution in [3.63, 3.8) is 0 Å². The first kappa shape index (κ1) is 14.7. The van der Waals surface area contributed by atoms with Crippen LogP contribution in [-0.4, -0.2) is 24.2 Å². The lowest BCUT2D eigenvalue weighted by Gasteiger charge is -2.22. The average molecular weight is 249 g/mol. The SMILES string of the molecule is CC(NCCc1ccccc1)C(=O)OC(C)(C)C. The van der Waals surface area contributed by atoms with E-state index in [9.17, 15) is 4.79 Å². The van der Waals surface area contributed by atoms with Gasteiger partial charge in [-0.3, -0.25) is 4.79 Å². The van der Waals surface area contributed by atoms with Crippen LogP contribution in [-0.2, 0) is 16.0 Å². The van der Waals surface area contributed by atoms with Crippen LogP contribution in [0.25, 0.3) is 0 Å². The lowest BCUT2D eigenvalue weighted by Crippen LogP contribution is -2.40. The number of carbonyl (C=O) groups is 1. The van der Waals surface area contributed by atoms with Crippen molar-refractivity contribution >= 4 is 5.97 Å². The second-order valence-electron chi connectivity index (χ2n) is 5.44. The van der Waals surface area contributed by atoms with Crippen LogP contribution < -0.4 is 5.32 Å². The van der Waals surface area contributed by atoms with E-state index in [0.29, 0.717) is 0 Å². The lowest BCUT2D eigenvalue weighted by molar-refractivity contribution is -0.156. The van der Waals surface area contributed by atoms with E-state index in [4.69, 9.17) is 4.74 Å². The van der Waals surface area contributed by atoms with Crippen molar-refractivity contribution in [3.05, 3.63) is 35.9 Å². The normalized spacial score (nSPS) is 13.1. The van der Waals surface area contributed by atoms with Gasteiger partial charge >= 0.3 is 5.97 Å². The number of carbonyl (C=O) groups excluding carboxylic acids is 1. The Morgan fingerprint density at radius 3 is 2.44 bits per heavy atom. The van der Waals surface area contributed by atoms with E-state index in [2.05, 4.69) is 17.4 Å². The Bertz CT molecular complexity index is 368. The van der Waals surface area contributed by atoms with Gasteiger partial charge in [-0.2, -0.15) is 0 Å². The number of esters is 1. The van der Waals surface area contributed by atoms with E-state index in [-0.39, 0.29) is 12.0 Å². The van der Waals surface area contributed by atoms with Gasteiger partial charge in [0.15, 0.2) is 0 Å². The maximum atomic E-state index is 11.7. The fourth-order valence-electron chi connectivity index (χ4n) is 1.55. The van der Waals surface area contributed by atoms with Gasteiger partial charge in [0.25, 0.3) is 0 Å². The molecule has 0 aliphatic heterocycles. The number of nitrogens with one attached hydrogen (secondary N) is 1. The van der Waals surface area contributed by atoms with Crippen LogP contribution in [0.2, 0.25) is 0 Å². The first-order chi connectivity index (χ1) is 8.38. The standard InChI is InChI=1S/C15H23NO2/c1-12(14(17)18-15(2,3)4)16-11-10-13-8-6-5-7-9-13/h5-9,12,16H,10-11H2,1-4H3. The van der Waals surface area contributed by atoms with Gasteiger partial charge in [-0.1, -0.05) is 30.3 Å². The molecule has 0 heterocycles. The highest BCUT2D eigenvalue weighted by atomic mass is 16.6. The predicted molar refractivity (Wildman–Crippen MR) is 73.5 cm³/mol. The zero-order chi connectivity index (χ0) is 13.6. The summed E-state index contributed by atoms with van der Waals surface area (Å²) in [4.78, 5) is 11.7. The minimum Gasteiger partial charge on any atom is -0.459 e. The molecular formula is C15H23NO2. The molecule has 1 unspecified atom stereocenters. The van der Waals surface area contributed by atoms with E-state index in [1.807, 2.05) is 45.9 Å². The Morgan fingerprint density at radius 2 is 1.89 bits per heavy atom. The maximum absolute atomic E-state index is 11.7. The number of hydrogen-bond acceptors (Lipinski definition) is 3. The zero-order valence-corrected chi connectivity index (χ0v) is 11.7. The van der Waals surface area contributed by atoms with Gasteiger partial charge in [-0.05, 0) is 46.2 Å². The Balaban J connectivity index is 2.29. The fraction of sp³-hybridized carbons (Fsp3) is 0.533. The molecule has 1 aromatic carbocycles. The number of hydrogen-bond donors (Lipinski definition) is 1. The molecule has 100 valence electrons. The molecule has 1 N–H and O–H groups in total. The molecule has 0 aromatic heterocycles. The highest BCUT2D eigenvalue weighted by Crippen LogP contribution is 2.08. The first-order valence-corrected chi connectivity index (χ1v) is 6.38. The summed E-state index contributed by atoms with van der Waals surface area (Å²) in [5.41, 5.74) is 0.841. The largest absolute Gasteiger partial charge is 0.459 e. The molecule has 0 saturated carbocycles. The summed E-state index contributed by atoms with van der Waals surface area (Å²) in [6, 6.07) is 9.94. The summed E-state index contributed by atoms with van der Waals surface area (Å²) in [6.45, 7) is 8.23. The molecule has 0 radical (unpaired) electrons. The highest BCUT2D eigenvalue weighted by molar-refractivity contribution is 5.75. The molecule has 0 aliphatic carbocycles. The van der Waals surface area contributed by atoms with Crippen LogP contribution in [0.1, 0.15) is 33.3 Å². The molecule has 1 rings (SSSR count). The van der Waals surface area contributed by atoms with Crippen LogP contribution in [0.4, 0.5) is 0 Å². The van der Waals surface area contributed by atoms with Crippen molar-refractivity contribution in [1.29, 1.82) is 0 Å². The van der Waals surface area contributed by atoms with Crippen molar-refractivity contribution in [2.75, 3.05) is 6.54 Å². The van der Waals surface area contributed by atoms with Gasteiger partial charge in [-0.25, -0.2) is 0 Å². The van der Waals surface area contributed by atoms with Gasteiger partial charge < -0.3 is 10.1 Å². The van der Waals surface area contributed by atoms with Crippen molar-refractivity contribution in [2.24, 2.45) is 0 Å². The van der Waals surface area contributed by atoms with Crippen LogP contribution in [0.5, 0.6) is 0 Å². The highest BCUT2D eigenvalue weighted by Gasteiger charge is 2.20. The van der Waals surface area contributed by atoms with E-state index in [0.717, 1.165) is 13.0 Å². The Kier molecular flexibility index (Phi) is 5.35. The van der Waals surface area contributed by atoms with Gasteiger partial charge in [-0.15, -0.1) is 0 Å². The molecule has 1 atom stereocenters. The van der Waals surface area contributed by atoms with Gasteiger partial charge in [0.2, 0.25) is 0 Å². The molecule has 0 aliphatic rings. The van der Waals surface area contributed by atoms with Crippen molar-refractivity contribution in [3.8, 4) is 0 Å². The second-order valence-corrected chi connectivity index (χ2v) is 5.44. The molecule has 0 amide bonds. The van der Waals surface area contributed by atoms with Crippen LogP contribution in [0.15, 0.2) is 30.3 Å². The fourth-order valence-corrected chi connectivity index (χ4v) is 1.55. The summed E-state index contributed by atoms with van der Waals surface area (Å²) in [7, 11) is 0. The molecule has 0 saturated heterocycles. The third-order valence-corrected chi connectivity index (χ3v) is 2.47. The van der Waals surface area contributed by atoms with E-state index < -0.39 is 5.60 Å². The molecule has 3 heteroatoms. The minimum atomic E-state index is -0.424. The zero-order valence-electron chi connectivity index (χ0n) is 11.7. The molecule has 18 heavy (non-hydrogen) atoms. The van der Waals surface area contributed by atoms with Crippen molar-refractivity contribution in [2.45, 2.75) is 45.8 Å². The molecular weight excluding hydrogens is 226 g/mol. The number of benzene rings is 1. The van der Waals surface area contributed by atoms with Gasteiger partial charge in [0.1, 0.15) is 11.6 Å². The molecule has 3 nitrogen and oxygen atoms in total. The van der Waals surface area contributed by atoms with Gasteiger partial charge in [0.05, 0.1) is 0 Å². The smallest absolute Gasteiger partial charge is 0.323 e. The van der Waals surface area contributed by atoms with E-state index in [1.54, 1.807) is 0 Å². The number of ether oxygens (including phenoxy) is 1. The molecule has 0 fully saturated rings. The summed E-state index contributed by atoms with van der Waals surface area (Å²) < 4.78 is 5.30. The summed E-state index contributed by atoms with van der Waals surface area (Å²) in [5.74, 6) is -0.199. The molecule has 0 bridgehead atoms. The average Bonchev–Trinajstić information content (AvgIpc) is 2.28. The topological polar surface area (TPSA) is 38.3 Å². The van der Waals surface area contributed by atoms with Gasteiger partial charge in [0, 0.05) is 0 Å². The monoisotopic (exact) mass is 249 g/mol. The Hall–Kier alpha value is -1.35. The molecule has 1 aromatic rings.